The summed E-state index contributed by atoms with van der Waals surface area (Å²) in [5.41, 5.74) is 1.60. The molecule has 2 aromatic rings. The number of unbranched alkanes of at least 4 members (excludes halogenated alkanes) is 1. The second-order valence-corrected chi connectivity index (χ2v) is 6.60. The Morgan fingerprint density at radius 3 is 2.58 bits per heavy atom. The van der Waals surface area contributed by atoms with Crippen LogP contribution in [0.1, 0.15) is 44.9 Å². The number of nitrogens with zero attached hydrogens (tertiary/aromatic N) is 8. The maximum atomic E-state index is 11.7. The molecule has 1 N–H and O–H groups in total. The molecule has 0 fully saturated rings. The Bertz CT molecular complexity index is 1100. The Morgan fingerprint density at radius 1 is 1.23 bits per heavy atom. The number of amides is 1. The van der Waals surface area contributed by atoms with Crippen molar-refractivity contribution in [2.75, 3.05) is 23.3 Å². The van der Waals surface area contributed by atoms with Crippen molar-refractivity contribution in [1.82, 2.24) is 9.78 Å². The highest BCUT2D eigenvalue weighted by Crippen LogP contribution is 2.33. The van der Waals surface area contributed by atoms with Gasteiger partial charge in [-0.05, 0) is 31.5 Å². The van der Waals surface area contributed by atoms with Crippen molar-refractivity contribution in [2.45, 2.75) is 40.2 Å². The third-order valence-electron chi connectivity index (χ3n) is 4.44. The van der Waals surface area contributed by atoms with Gasteiger partial charge in [0.25, 0.3) is 0 Å². The van der Waals surface area contributed by atoms with E-state index in [0.717, 1.165) is 36.3 Å². The van der Waals surface area contributed by atoms with Gasteiger partial charge in [0.05, 0.1) is 11.8 Å². The third-order valence-corrected chi connectivity index (χ3v) is 4.44. The molecule has 1 aromatic carbocycles. The maximum Gasteiger partial charge on any atom is 0.221 e. The van der Waals surface area contributed by atoms with Gasteiger partial charge in [-0.25, -0.2) is 4.68 Å². The minimum Gasteiger partial charge on any atom is -0.372 e. The first-order chi connectivity index (χ1) is 15.0. The van der Waals surface area contributed by atoms with Gasteiger partial charge in [0.15, 0.2) is 11.5 Å². The van der Waals surface area contributed by atoms with Gasteiger partial charge in [0.2, 0.25) is 5.91 Å². The van der Waals surface area contributed by atoms with Gasteiger partial charge in [0, 0.05) is 25.7 Å². The van der Waals surface area contributed by atoms with Crippen LogP contribution in [-0.2, 0) is 11.3 Å². The lowest BCUT2D eigenvalue weighted by atomic mass is 10.2. The van der Waals surface area contributed by atoms with Crippen LogP contribution in [0.4, 0.5) is 22.9 Å². The summed E-state index contributed by atoms with van der Waals surface area (Å²) in [5.74, 6) is -0.249. The predicted molar refractivity (Wildman–Crippen MR) is 115 cm³/mol. The lowest BCUT2D eigenvalue weighted by Gasteiger charge is -2.24. The molecule has 0 saturated heterocycles. The number of nitrogens with one attached hydrogen (secondary N) is 1. The first-order valence-electron chi connectivity index (χ1n) is 9.85. The average molecular weight is 417 g/mol. The second kappa shape index (κ2) is 11.1. The van der Waals surface area contributed by atoms with Crippen molar-refractivity contribution in [3.63, 3.8) is 0 Å². The summed E-state index contributed by atoms with van der Waals surface area (Å²) in [6, 6.07) is 11.0. The van der Waals surface area contributed by atoms with Crippen LogP contribution in [0.25, 0.3) is 0 Å². The van der Waals surface area contributed by atoms with E-state index in [4.69, 9.17) is 10.5 Å². The Hall–Kier alpha value is -4.23. The molecule has 2 rings (SSSR count). The summed E-state index contributed by atoms with van der Waals surface area (Å²) in [6.07, 6.45) is 2.12. The molecule has 158 valence electrons. The highest BCUT2D eigenvalue weighted by Gasteiger charge is 2.18. The molecule has 10 nitrogen and oxygen atoms in total. The number of rotatable bonds is 9. The minimum atomic E-state index is -0.260. The lowest BCUT2D eigenvalue weighted by Crippen LogP contribution is -2.23. The van der Waals surface area contributed by atoms with E-state index in [1.807, 2.05) is 30.3 Å². The average Bonchev–Trinajstić information content (AvgIpc) is 3.10. The van der Waals surface area contributed by atoms with Crippen LogP contribution >= 0.6 is 0 Å². The first-order valence-corrected chi connectivity index (χ1v) is 9.85. The minimum absolute atomic E-state index is 0.0107. The zero-order valence-corrected chi connectivity index (χ0v) is 17.8. The van der Waals surface area contributed by atoms with E-state index in [1.165, 1.54) is 6.92 Å². The zero-order valence-electron chi connectivity index (χ0n) is 17.8. The molecule has 0 atom stereocenters. The van der Waals surface area contributed by atoms with Crippen LogP contribution in [0, 0.1) is 34.0 Å². The third kappa shape index (κ3) is 5.65. The van der Waals surface area contributed by atoms with Crippen molar-refractivity contribution in [3.05, 3.63) is 29.5 Å². The summed E-state index contributed by atoms with van der Waals surface area (Å²) >= 11 is 0. The van der Waals surface area contributed by atoms with E-state index in [1.54, 1.807) is 6.07 Å². The van der Waals surface area contributed by atoms with Crippen LogP contribution in [0.2, 0.25) is 0 Å². The molecule has 0 radical (unpaired) electrons. The van der Waals surface area contributed by atoms with Crippen LogP contribution in [0.3, 0.4) is 0 Å². The molecule has 0 saturated carbocycles. The fourth-order valence-corrected chi connectivity index (χ4v) is 2.93. The summed E-state index contributed by atoms with van der Waals surface area (Å²) in [4.78, 5) is 13.9. The number of azo groups is 1. The second-order valence-electron chi connectivity index (χ2n) is 6.60. The number of anilines is 2. The van der Waals surface area contributed by atoms with Gasteiger partial charge in [-0.2, -0.15) is 20.9 Å². The van der Waals surface area contributed by atoms with E-state index in [-0.39, 0.29) is 29.5 Å². The Balaban J connectivity index is 2.49. The Labute approximate surface area is 181 Å². The van der Waals surface area contributed by atoms with Gasteiger partial charge in [0.1, 0.15) is 29.9 Å². The number of carbonyl (C=O) groups is 1. The highest BCUT2D eigenvalue weighted by molar-refractivity contribution is 5.93. The van der Waals surface area contributed by atoms with Crippen LogP contribution in [0.5, 0.6) is 0 Å². The van der Waals surface area contributed by atoms with E-state index >= 15 is 0 Å². The van der Waals surface area contributed by atoms with Gasteiger partial charge in [-0.15, -0.1) is 10.2 Å². The molecule has 0 aliphatic carbocycles. The molecule has 1 heterocycles. The highest BCUT2D eigenvalue weighted by atomic mass is 16.1. The molecule has 31 heavy (non-hydrogen) atoms. The fraction of sp³-hybridized carbons (Fsp3) is 0.381. The maximum absolute atomic E-state index is 11.7. The van der Waals surface area contributed by atoms with Crippen molar-refractivity contribution in [2.24, 2.45) is 10.2 Å². The summed E-state index contributed by atoms with van der Waals surface area (Å²) in [6.45, 7) is 7.11. The topological polar surface area (TPSA) is 146 Å². The van der Waals surface area contributed by atoms with E-state index < -0.39 is 0 Å². The quantitative estimate of drug-likeness (QED) is 0.606. The molecular weight excluding hydrogens is 394 g/mol. The lowest BCUT2D eigenvalue weighted by molar-refractivity contribution is -0.114. The Kier molecular flexibility index (Phi) is 8.24. The van der Waals surface area contributed by atoms with E-state index in [9.17, 15) is 10.1 Å². The van der Waals surface area contributed by atoms with Crippen LogP contribution in [0.15, 0.2) is 28.4 Å². The monoisotopic (exact) mass is 417 g/mol. The molecule has 0 aliphatic heterocycles. The smallest absolute Gasteiger partial charge is 0.221 e. The number of benzene rings is 1. The van der Waals surface area contributed by atoms with Gasteiger partial charge in [-0.3, -0.25) is 4.79 Å². The number of nitriles is 3. The molecule has 0 unspecified atom stereocenters. The fourth-order valence-electron chi connectivity index (χ4n) is 2.93. The summed E-state index contributed by atoms with van der Waals surface area (Å²) in [5, 5.41) is 42.5. The largest absolute Gasteiger partial charge is 0.372 e. The number of hydrogen-bond donors (Lipinski definition) is 1. The molecule has 10 heteroatoms. The Morgan fingerprint density at radius 2 is 2.00 bits per heavy atom. The summed E-state index contributed by atoms with van der Waals surface area (Å²) in [7, 11) is 0. The molecule has 1 aromatic heterocycles. The van der Waals surface area contributed by atoms with Crippen LogP contribution < -0.4 is 10.2 Å². The SMILES string of the molecule is CCCCN(CC)c1ccc(/N=N/c2c(C#N)c(C#N)nn2CC#N)c(NC(C)=O)c1. The summed E-state index contributed by atoms with van der Waals surface area (Å²) < 4.78 is 1.15. The van der Waals surface area contributed by atoms with Crippen molar-refractivity contribution < 1.29 is 4.79 Å². The molecule has 0 spiro atoms. The number of aromatic nitrogens is 2. The molecule has 1 amide bonds. The normalized spacial score (nSPS) is 10.3. The molecule has 0 aliphatic rings. The van der Waals surface area contributed by atoms with Crippen molar-refractivity contribution in [3.8, 4) is 18.2 Å². The van der Waals surface area contributed by atoms with Crippen molar-refractivity contribution >= 4 is 28.8 Å². The molecular formula is C21H23N9O. The van der Waals surface area contributed by atoms with E-state index in [0.29, 0.717) is 11.4 Å². The van der Waals surface area contributed by atoms with E-state index in [2.05, 4.69) is 39.4 Å². The zero-order chi connectivity index (χ0) is 22.8. The standard InChI is InChI=1S/C21H23N9O/c1-4-6-10-29(5-2)16-7-8-18(19(12-16)25-15(3)31)26-27-21-17(13-23)20(14-24)28-30(21)11-9-22/h7-8,12H,4-6,10-11H2,1-3H3,(H,25,31)/b27-26+. The van der Waals surface area contributed by atoms with Crippen molar-refractivity contribution in [1.29, 1.82) is 15.8 Å². The predicted octanol–water partition coefficient (Wildman–Crippen LogP) is 4.15. The first kappa shape index (κ1) is 23.1. The molecule has 0 bridgehead atoms. The number of hydrogen-bond acceptors (Lipinski definition) is 8. The van der Waals surface area contributed by atoms with Gasteiger partial charge >= 0.3 is 0 Å². The number of carbonyl (C=O) groups excluding carboxylic acids is 1. The van der Waals surface area contributed by atoms with Gasteiger partial charge < -0.3 is 10.2 Å². The van der Waals surface area contributed by atoms with Crippen LogP contribution in [-0.4, -0.2) is 28.8 Å². The van der Waals surface area contributed by atoms with Gasteiger partial charge in [-0.1, -0.05) is 13.3 Å².